The third-order valence-corrected chi connectivity index (χ3v) is 3.84. The van der Waals surface area contributed by atoms with Crippen molar-refractivity contribution in [1.29, 1.82) is 0 Å². The molecular weight excluding hydrogens is 248 g/mol. The first-order valence-corrected chi connectivity index (χ1v) is 7.59. The number of aryl methyl sites for hydroxylation is 1. The first-order valence-electron chi connectivity index (χ1n) is 7.59. The van der Waals surface area contributed by atoms with Crippen LogP contribution in [0.1, 0.15) is 44.7 Å². The van der Waals surface area contributed by atoms with E-state index in [9.17, 15) is 4.79 Å². The van der Waals surface area contributed by atoms with E-state index >= 15 is 0 Å². The van der Waals surface area contributed by atoms with Crippen molar-refractivity contribution in [1.82, 2.24) is 4.90 Å². The second-order valence-corrected chi connectivity index (χ2v) is 5.66. The number of nitrogens with two attached hydrogens (primary N) is 1. The van der Waals surface area contributed by atoms with Crippen LogP contribution in [0.5, 0.6) is 0 Å². The van der Waals surface area contributed by atoms with Crippen molar-refractivity contribution in [3.63, 3.8) is 0 Å². The first-order chi connectivity index (χ1) is 9.49. The van der Waals surface area contributed by atoms with Crippen molar-refractivity contribution in [2.45, 2.75) is 53.1 Å². The van der Waals surface area contributed by atoms with E-state index in [2.05, 4.69) is 45.0 Å². The zero-order chi connectivity index (χ0) is 15.1. The van der Waals surface area contributed by atoms with Crippen LogP contribution in [0.15, 0.2) is 24.3 Å². The van der Waals surface area contributed by atoms with E-state index in [-0.39, 0.29) is 11.8 Å². The summed E-state index contributed by atoms with van der Waals surface area (Å²) >= 11 is 0. The van der Waals surface area contributed by atoms with Gasteiger partial charge in [-0.3, -0.25) is 4.79 Å². The van der Waals surface area contributed by atoms with Gasteiger partial charge in [-0.25, -0.2) is 0 Å². The highest BCUT2D eigenvalue weighted by Crippen LogP contribution is 2.13. The molecule has 0 aliphatic carbocycles. The summed E-state index contributed by atoms with van der Waals surface area (Å²) in [5, 5.41) is 0. The third kappa shape index (κ3) is 4.64. The number of benzene rings is 1. The molecule has 2 N–H and O–H groups in total. The van der Waals surface area contributed by atoms with Crippen LogP contribution in [-0.4, -0.2) is 23.4 Å². The fourth-order valence-electron chi connectivity index (χ4n) is 2.16. The molecule has 0 spiro atoms. The summed E-state index contributed by atoms with van der Waals surface area (Å²) in [6.07, 6.45) is 1.88. The molecule has 0 unspecified atom stereocenters. The summed E-state index contributed by atoms with van der Waals surface area (Å²) in [6, 6.07) is 7.94. The summed E-state index contributed by atoms with van der Waals surface area (Å²) < 4.78 is 0. The number of rotatable bonds is 7. The predicted molar refractivity (Wildman–Crippen MR) is 84.3 cm³/mol. The smallest absolute Gasteiger partial charge is 0.240 e. The largest absolute Gasteiger partial charge is 0.337 e. The van der Waals surface area contributed by atoms with Gasteiger partial charge in [0.1, 0.15) is 0 Å². The maximum atomic E-state index is 12.5. The van der Waals surface area contributed by atoms with Gasteiger partial charge in [-0.2, -0.15) is 0 Å². The zero-order valence-electron chi connectivity index (χ0n) is 13.2. The van der Waals surface area contributed by atoms with Gasteiger partial charge < -0.3 is 10.6 Å². The van der Waals surface area contributed by atoms with Crippen LogP contribution in [-0.2, 0) is 11.3 Å². The molecule has 0 aliphatic heterocycles. The second-order valence-electron chi connectivity index (χ2n) is 5.66. The fraction of sp³-hybridized carbons (Fsp3) is 0.588. The van der Waals surface area contributed by atoms with Crippen molar-refractivity contribution >= 4 is 5.91 Å². The molecule has 0 saturated heterocycles. The molecule has 0 saturated carbocycles. The summed E-state index contributed by atoms with van der Waals surface area (Å²) in [7, 11) is 0. The monoisotopic (exact) mass is 276 g/mol. The molecule has 112 valence electrons. The summed E-state index contributed by atoms with van der Waals surface area (Å²) in [5.74, 6) is 0.293. The van der Waals surface area contributed by atoms with Gasteiger partial charge in [0.05, 0.1) is 6.04 Å². The highest BCUT2D eigenvalue weighted by atomic mass is 16.2. The number of hydrogen-bond acceptors (Lipinski definition) is 2. The van der Waals surface area contributed by atoms with Gasteiger partial charge in [0, 0.05) is 13.1 Å². The first kappa shape index (κ1) is 16.7. The maximum Gasteiger partial charge on any atom is 0.240 e. The van der Waals surface area contributed by atoms with Crippen LogP contribution < -0.4 is 5.73 Å². The van der Waals surface area contributed by atoms with Gasteiger partial charge in [-0.15, -0.1) is 0 Å². The quantitative estimate of drug-likeness (QED) is 0.831. The molecule has 0 aliphatic rings. The predicted octanol–water partition coefficient (Wildman–Crippen LogP) is 3.11. The van der Waals surface area contributed by atoms with E-state index < -0.39 is 6.04 Å². The lowest BCUT2D eigenvalue weighted by molar-refractivity contribution is -0.134. The zero-order valence-corrected chi connectivity index (χ0v) is 13.2. The Balaban J connectivity index is 2.77. The Morgan fingerprint density at radius 3 is 2.35 bits per heavy atom. The van der Waals surface area contributed by atoms with Crippen molar-refractivity contribution in [3.8, 4) is 0 Å². The lowest BCUT2D eigenvalue weighted by Gasteiger charge is -2.28. The van der Waals surface area contributed by atoms with E-state index in [4.69, 9.17) is 5.73 Å². The molecule has 2 atom stereocenters. The van der Waals surface area contributed by atoms with Gasteiger partial charge in [0.15, 0.2) is 0 Å². The lowest BCUT2D eigenvalue weighted by atomic mass is 9.98. The third-order valence-electron chi connectivity index (χ3n) is 3.84. The molecule has 1 rings (SSSR count). The van der Waals surface area contributed by atoms with Crippen LogP contribution in [0.25, 0.3) is 0 Å². The van der Waals surface area contributed by atoms with Gasteiger partial charge in [0.25, 0.3) is 0 Å². The highest BCUT2D eigenvalue weighted by molar-refractivity contribution is 5.82. The molecule has 0 radical (unpaired) electrons. The second kappa shape index (κ2) is 8.05. The van der Waals surface area contributed by atoms with E-state index in [0.717, 1.165) is 24.9 Å². The van der Waals surface area contributed by atoms with Gasteiger partial charge in [0.2, 0.25) is 5.91 Å². The van der Waals surface area contributed by atoms with Crippen LogP contribution in [0.4, 0.5) is 0 Å². The van der Waals surface area contributed by atoms with Crippen molar-refractivity contribution < 1.29 is 4.79 Å². The van der Waals surface area contributed by atoms with Crippen molar-refractivity contribution in [2.24, 2.45) is 11.7 Å². The Hall–Kier alpha value is -1.35. The van der Waals surface area contributed by atoms with Crippen LogP contribution in [0.3, 0.4) is 0 Å². The number of nitrogens with zero attached hydrogens (tertiary/aromatic N) is 1. The molecule has 0 bridgehead atoms. The fourth-order valence-corrected chi connectivity index (χ4v) is 2.16. The normalized spacial score (nSPS) is 13.8. The summed E-state index contributed by atoms with van der Waals surface area (Å²) in [5.41, 5.74) is 8.48. The molecular formula is C17H28N2O. The molecule has 0 heterocycles. The summed E-state index contributed by atoms with van der Waals surface area (Å²) in [4.78, 5) is 14.4. The average molecular weight is 276 g/mol. The van der Waals surface area contributed by atoms with Gasteiger partial charge in [-0.05, 0) is 24.8 Å². The van der Waals surface area contributed by atoms with Gasteiger partial charge in [-0.1, -0.05) is 57.0 Å². The maximum absolute atomic E-state index is 12.5. The lowest BCUT2D eigenvalue weighted by Crippen LogP contribution is -2.47. The highest BCUT2D eigenvalue weighted by Gasteiger charge is 2.24. The minimum absolute atomic E-state index is 0.0711. The molecule has 0 aromatic heterocycles. The molecule has 20 heavy (non-hydrogen) atoms. The molecule has 3 heteroatoms. The molecule has 0 fully saturated rings. The Morgan fingerprint density at radius 1 is 1.25 bits per heavy atom. The van der Waals surface area contributed by atoms with Crippen LogP contribution in [0.2, 0.25) is 0 Å². The Labute approximate surface area is 123 Å². The van der Waals surface area contributed by atoms with E-state index in [1.54, 1.807) is 0 Å². The molecule has 1 aromatic carbocycles. The average Bonchev–Trinajstić information content (AvgIpc) is 2.46. The Bertz CT molecular complexity index is 414. The number of carbonyl (C=O) groups is 1. The van der Waals surface area contributed by atoms with Gasteiger partial charge >= 0.3 is 0 Å². The number of amides is 1. The minimum atomic E-state index is -0.392. The van der Waals surface area contributed by atoms with Crippen molar-refractivity contribution in [3.05, 3.63) is 35.4 Å². The standard InChI is InChI=1S/C17H28N2O/c1-5-11-19(17(20)16(18)14(4)6-2)12-15-9-7-13(3)8-10-15/h7-10,14,16H,5-6,11-12,18H2,1-4H3/t14-,16-/m0/s1. The van der Waals surface area contributed by atoms with E-state index in [1.165, 1.54) is 5.56 Å². The molecule has 1 aromatic rings. The van der Waals surface area contributed by atoms with E-state index in [0.29, 0.717) is 6.54 Å². The number of hydrogen-bond donors (Lipinski definition) is 1. The SMILES string of the molecule is CCCN(Cc1ccc(C)cc1)C(=O)[C@@H](N)[C@@H](C)CC. The topological polar surface area (TPSA) is 46.3 Å². The van der Waals surface area contributed by atoms with E-state index in [1.807, 2.05) is 11.8 Å². The van der Waals surface area contributed by atoms with Crippen molar-refractivity contribution in [2.75, 3.05) is 6.54 Å². The molecule has 3 nitrogen and oxygen atoms in total. The Morgan fingerprint density at radius 2 is 1.85 bits per heavy atom. The Kier molecular flexibility index (Phi) is 6.73. The molecule has 1 amide bonds. The minimum Gasteiger partial charge on any atom is -0.337 e. The number of carbonyl (C=O) groups excluding carboxylic acids is 1. The van der Waals surface area contributed by atoms with Crippen LogP contribution in [0, 0.1) is 12.8 Å². The van der Waals surface area contributed by atoms with Crippen LogP contribution >= 0.6 is 0 Å². The summed E-state index contributed by atoms with van der Waals surface area (Å²) in [6.45, 7) is 9.68.